The third-order valence-corrected chi connectivity index (χ3v) is 4.27. The minimum atomic E-state index is -0.284. The summed E-state index contributed by atoms with van der Waals surface area (Å²) in [6.45, 7) is 2.14. The highest BCUT2D eigenvalue weighted by Gasteiger charge is 2.08. The van der Waals surface area contributed by atoms with Gasteiger partial charge in [-0.2, -0.15) is 5.10 Å². The first-order valence-electron chi connectivity index (χ1n) is 6.85. The molecular formula is C15H16BrN3O3S. The molecule has 0 saturated carbocycles. The van der Waals surface area contributed by atoms with E-state index in [0.717, 1.165) is 15.8 Å². The minimum absolute atomic E-state index is 0.164. The van der Waals surface area contributed by atoms with E-state index >= 15 is 0 Å². The summed E-state index contributed by atoms with van der Waals surface area (Å²) in [4.78, 5) is 15.7. The summed E-state index contributed by atoms with van der Waals surface area (Å²) in [5.74, 6) is 0.466. The lowest BCUT2D eigenvalue weighted by Gasteiger charge is -2.02. The number of hydrogen-bond donors (Lipinski definition) is 1. The minimum Gasteiger partial charge on any atom is -0.497 e. The van der Waals surface area contributed by atoms with Crippen LogP contribution in [0.3, 0.4) is 0 Å². The van der Waals surface area contributed by atoms with Crippen LogP contribution in [0.15, 0.2) is 33.2 Å². The van der Waals surface area contributed by atoms with E-state index < -0.39 is 0 Å². The first-order chi connectivity index (χ1) is 11.1. The topological polar surface area (TPSA) is 72.8 Å². The van der Waals surface area contributed by atoms with E-state index in [0.29, 0.717) is 17.4 Å². The van der Waals surface area contributed by atoms with E-state index in [2.05, 4.69) is 31.4 Å². The van der Waals surface area contributed by atoms with Crippen molar-refractivity contribution in [2.24, 2.45) is 5.10 Å². The summed E-state index contributed by atoms with van der Waals surface area (Å²) in [7, 11) is 1.61. The molecule has 1 aromatic carbocycles. The molecule has 2 rings (SSSR count). The van der Waals surface area contributed by atoms with Crippen LogP contribution in [0.5, 0.6) is 5.75 Å². The Bertz CT molecular complexity index is 703. The Hall–Kier alpha value is -1.93. The van der Waals surface area contributed by atoms with E-state index in [1.165, 1.54) is 11.3 Å². The Labute approximate surface area is 146 Å². The van der Waals surface area contributed by atoms with E-state index in [1.807, 2.05) is 18.2 Å². The van der Waals surface area contributed by atoms with Crippen LogP contribution in [-0.4, -0.2) is 30.9 Å². The van der Waals surface area contributed by atoms with Crippen molar-refractivity contribution in [1.82, 2.24) is 4.98 Å². The third kappa shape index (κ3) is 5.33. The summed E-state index contributed by atoms with van der Waals surface area (Å²) in [6, 6.07) is 5.61. The molecule has 1 heterocycles. The van der Waals surface area contributed by atoms with Crippen LogP contribution in [0.25, 0.3) is 0 Å². The van der Waals surface area contributed by atoms with Gasteiger partial charge in [-0.1, -0.05) is 15.9 Å². The third-order valence-electron chi connectivity index (χ3n) is 2.75. The SMILES string of the molecule is CCOC(=O)Cc1csc(NN=Cc2cc(OC)ccc2Br)n1. The highest BCUT2D eigenvalue weighted by molar-refractivity contribution is 9.10. The predicted octanol–water partition coefficient (Wildman–Crippen LogP) is 3.47. The largest absolute Gasteiger partial charge is 0.497 e. The molecule has 0 aliphatic heterocycles. The number of hydrogen-bond acceptors (Lipinski definition) is 7. The average molecular weight is 398 g/mol. The van der Waals surface area contributed by atoms with Crippen molar-refractivity contribution in [1.29, 1.82) is 0 Å². The summed E-state index contributed by atoms with van der Waals surface area (Å²) < 4.78 is 11.0. The van der Waals surface area contributed by atoms with Crippen LogP contribution in [0.1, 0.15) is 18.2 Å². The maximum absolute atomic E-state index is 11.4. The van der Waals surface area contributed by atoms with E-state index in [-0.39, 0.29) is 12.4 Å². The smallest absolute Gasteiger partial charge is 0.311 e. The maximum atomic E-state index is 11.4. The van der Waals surface area contributed by atoms with E-state index in [1.54, 1.807) is 25.6 Å². The molecule has 0 unspecified atom stereocenters. The van der Waals surface area contributed by atoms with Gasteiger partial charge in [0.2, 0.25) is 5.13 Å². The Morgan fingerprint density at radius 2 is 2.35 bits per heavy atom. The van der Waals surface area contributed by atoms with Gasteiger partial charge in [0.15, 0.2) is 0 Å². The average Bonchev–Trinajstić information content (AvgIpc) is 2.96. The molecule has 1 N–H and O–H groups in total. The molecule has 0 radical (unpaired) electrons. The molecule has 0 amide bonds. The second kappa shape index (κ2) is 8.64. The summed E-state index contributed by atoms with van der Waals surface area (Å²) >= 11 is 4.83. The van der Waals surface area contributed by atoms with Gasteiger partial charge >= 0.3 is 5.97 Å². The Morgan fingerprint density at radius 1 is 1.52 bits per heavy atom. The van der Waals surface area contributed by atoms with Crippen LogP contribution in [0.2, 0.25) is 0 Å². The molecule has 0 saturated heterocycles. The van der Waals surface area contributed by atoms with Gasteiger partial charge in [-0.3, -0.25) is 10.2 Å². The maximum Gasteiger partial charge on any atom is 0.311 e. The van der Waals surface area contributed by atoms with Crippen molar-refractivity contribution in [3.8, 4) is 5.75 Å². The van der Waals surface area contributed by atoms with Crippen molar-refractivity contribution in [3.05, 3.63) is 39.3 Å². The van der Waals surface area contributed by atoms with Crippen LogP contribution in [-0.2, 0) is 16.0 Å². The Kier molecular flexibility index (Phi) is 6.54. The van der Waals surface area contributed by atoms with E-state index in [4.69, 9.17) is 9.47 Å². The highest BCUT2D eigenvalue weighted by Crippen LogP contribution is 2.21. The van der Waals surface area contributed by atoms with Crippen molar-refractivity contribution in [2.75, 3.05) is 19.1 Å². The summed E-state index contributed by atoms with van der Waals surface area (Å²) in [5.41, 5.74) is 4.38. The Balaban J connectivity index is 1.96. The van der Waals surface area contributed by atoms with Gasteiger partial charge in [-0.05, 0) is 25.1 Å². The van der Waals surface area contributed by atoms with Gasteiger partial charge in [-0.25, -0.2) is 4.98 Å². The fourth-order valence-corrected chi connectivity index (χ4v) is 2.71. The van der Waals surface area contributed by atoms with Crippen LogP contribution in [0.4, 0.5) is 5.13 Å². The summed E-state index contributed by atoms with van der Waals surface area (Å²) in [6.07, 6.45) is 1.83. The summed E-state index contributed by atoms with van der Waals surface area (Å²) in [5, 5.41) is 6.56. The number of carbonyl (C=O) groups excluding carboxylic acids is 1. The van der Waals surface area contributed by atoms with Crippen molar-refractivity contribution in [3.63, 3.8) is 0 Å². The Morgan fingerprint density at radius 3 is 3.09 bits per heavy atom. The first-order valence-corrected chi connectivity index (χ1v) is 8.52. The molecule has 0 aliphatic rings. The lowest BCUT2D eigenvalue weighted by atomic mass is 10.2. The van der Waals surface area contributed by atoms with Crippen LogP contribution >= 0.6 is 27.3 Å². The molecule has 122 valence electrons. The monoisotopic (exact) mass is 397 g/mol. The zero-order valence-electron chi connectivity index (χ0n) is 12.7. The van der Waals surface area contributed by atoms with Gasteiger partial charge in [0.1, 0.15) is 5.75 Å². The number of thiazole rings is 1. The van der Waals surface area contributed by atoms with Crippen molar-refractivity contribution < 1.29 is 14.3 Å². The van der Waals surface area contributed by atoms with Crippen molar-refractivity contribution >= 4 is 44.6 Å². The molecule has 23 heavy (non-hydrogen) atoms. The van der Waals surface area contributed by atoms with Gasteiger partial charge in [-0.15, -0.1) is 11.3 Å². The quantitative estimate of drug-likeness (QED) is 0.439. The van der Waals surface area contributed by atoms with Gasteiger partial charge in [0.25, 0.3) is 0 Å². The molecular weight excluding hydrogens is 382 g/mol. The first kappa shape index (κ1) is 17.4. The fraction of sp³-hybridized carbons (Fsp3) is 0.267. The van der Waals surface area contributed by atoms with Crippen molar-refractivity contribution in [2.45, 2.75) is 13.3 Å². The second-order valence-corrected chi connectivity index (χ2v) is 6.10. The number of nitrogens with zero attached hydrogens (tertiary/aromatic N) is 2. The number of esters is 1. The van der Waals surface area contributed by atoms with Crippen LogP contribution in [0, 0.1) is 0 Å². The molecule has 2 aromatic rings. The number of ether oxygens (including phenoxy) is 2. The fourth-order valence-electron chi connectivity index (χ4n) is 1.70. The predicted molar refractivity (Wildman–Crippen MR) is 94.4 cm³/mol. The van der Waals surface area contributed by atoms with E-state index in [9.17, 15) is 4.79 Å². The zero-order chi connectivity index (χ0) is 16.7. The number of hydrazone groups is 1. The molecule has 0 fully saturated rings. The number of carbonyl (C=O) groups is 1. The van der Waals surface area contributed by atoms with Gasteiger partial charge in [0, 0.05) is 15.4 Å². The number of nitrogens with one attached hydrogen (secondary N) is 1. The normalized spacial score (nSPS) is 10.7. The molecule has 8 heteroatoms. The lowest BCUT2D eigenvalue weighted by Crippen LogP contribution is -2.07. The highest BCUT2D eigenvalue weighted by atomic mass is 79.9. The number of benzene rings is 1. The number of anilines is 1. The molecule has 0 bridgehead atoms. The van der Waals surface area contributed by atoms with Crippen LogP contribution < -0.4 is 10.2 Å². The zero-order valence-corrected chi connectivity index (χ0v) is 15.1. The molecule has 0 atom stereocenters. The lowest BCUT2D eigenvalue weighted by molar-refractivity contribution is -0.142. The molecule has 1 aromatic heterocycles. The standard InChI is InChI=1S/C15H16BrN3O3S/c1-3-22-14(20)7-11-9-23-15(18-11)19-17-8-10-6-12(21-2)4-5-13(10)16/h4-6,8-9H,3,7H2,1-2H3,(H,18,19). The van der Waals surface area contributed by atoms with Gasteiger partial charge < -0.3 is 9.47 Å². The number of rotatable bonds is 7. The molecule has 0 aliphatic carbocycles. The number of methoxy groups -OCH3 is 1. The van der Waals surface area contributed by atoms with Gasteiger partial charge in [0.05, 0.1) is 32.0 Å². The number of halogens is 1. The number of aromatic nitrogens is 1. The molecule has 6 nitrogen and oxygen atoms in total. The second-order valence-electron chi connectivity index (χ2n) is 4.38. The molecule has 0 spiro atoms.